The summed E-state index contributed by atoms with van der Waals surface area (Å²) in [6, 6.07) is 22.3. The first kappa shape index (κ1) is 38.1. The first-order valence-corrected chi connectivity index (χ1v) is 16.4. The summed E-state index contributed by atoms with van der Waals surface area (Å²) < 4.78 is 21.6. The molecule has 4 rings (SSSR count). The van der Waals surface area contributed by atoms with Crippen LogP contribution in [0, 0.1) is 0 Å². The summed E-state index contributed by atoms with van der Waals surface area (Å²) in [5.41, 5.74) is 6.84. The highest BCUT2D eigenvalue weighted by molar-refractivity contribution is 6.31. The van der Waals surface area contributed by atoms with Gasteiger partial charge in [0.05, 0.1) is 37.8 Å². The number of unbranched alkanes of at least 4 members (excludes halogenated alkanes) is 2. The van der Waals surface area contributed by atoms with Gasteiger partial charge in [0.25, 0.3) is 0 Å². The molecule has 4 aromatic carbocycles. The molecule has 51 heavy (non-hydrogen) atoms. The van der Waals surface area contributed by atoms with E-state index < -0.39 is 11.9 Å². The second kappa shape index (κ2) is 19.5. The first-order chi connectivity index (χ1) is 24.6. The Morgan fingerprint density at radius 3 is 1.33 bits per heavy atom. The lowest BCUT2D eigenvalue weighted by Gasteiger charge is -2.10. The highest BCUT2D eigenvalue weighted by atomic mass is 35.5. The van der Waals surface area contributed by atoms with Gasteiger partial charge in [0, 0.05) is 22.9 Å². The van der Waals surface area contributed by atoms with Crippen molar-refractivity contribution < 1.29 is 38.1 Å². The van der Waals surface area contributed by atoms with Gasteiger partial charge in [0.2, 0.25) is 11.8 Å². The molecule has 0 aliphatic rings. The number of nitrogens with one attached hydrogen (secondary N) is 2. The maximum atomic E-state index is 12.4. The maximum Gasteiger partial charge on any atom is 0.343 e. The molecule has 2 N–H and O–H groups in total. The van der Waals surface area contributed by atoms with Gasteiger partial charge >= 0.3 is 11.9 Å². The number of methoxy groups -OCH3 is 2. The lowest BCUT2D eigenvalue weighted by molar-refractivity contribution is -0.121. The summed E-state index contributed by atoms with van der Waals surface area (Å²) >= 11 is 11.7. The van der Waals surface area contributed by atoms with Crippen molar-refractivity contribution in [2.45, 2.75) is 32.1 Å². The molecule has 12 nitrogen and oxygen atoms in total. The monoisotopic (exact) mass is 732 g/mol. The Kier molecular flexibility index (Phi) is 14.5. The van der Waals surface area contributed by atoms with E-state index in [2.05, 4.69) is 21.1 Å². The lowest BCUT2D eigenvalue weighted by atomic mass is 10.1. The number of rotatable bonds is 16. The van der Waals surface area contributed by atoms with Crippen molar-refractivity contribution in [3.63, 3.8) is 0 Å². The summed E-state index contributed by atoms with van der Waals surface area (Å²) in [6.45, 7) is 0. The van der Waals surface area contributed by atoms with Crippen molar-refractivity contribution in [2.24, 2.45) is 10.2 Å². The van der Waals surface area contributed by atoms with Gasteiger partial charge in [-0.05, 0) is 109 Å². The third kappa shape index (κ3) is 12.3. The smallest absolute Gasteiger partial charge is 0.343 e. The summed E-state index contributed by atoms with van der Waals surface area (Å²) in [4.78, 5) is 49.3. The minimum Gasteiger partial charge on any atom is -0.493 e. The zero-order chi connectivity index (χ0) is 36.6. The van der Waals surface area contributed by atoms with E-state index in [4.69, 9.17) is 42.1 Å². The second-order valence-electron chi connectivity index (χ2n) is 10.8. The second-order valence-corrected chi connectivity index (χ2v) is 11.6. The van der Waals surface area contributed by atoms with Gasteiger partial charge in [-0.1, -0.05) is 29.6 Å². The van der Waals surface area contributed by atoms with Crippen LogP contribution in [-0.2, 0) is 9.59 Å². The molecule has 0 fully saturated rings. The first-order valence-electron chi connectivity index (χ1n) is 15.6. The van der Waals surface area contributed by atoms with E-state index in [9.17, 15) is 19.2 Å². The zero-order valence-corrected chi connectivity index (χ0v) is 29.2. The third-order valence-electron chi connectivity index (χ3n) is 7.05. The number of hydrazone groups is 2. The summed E-state index contributed by atoms with van der Waals surface area (Å²) in [5, 5.41) is 8.97. The van der Waals surface area contributed by atoms with E-state index >= 15 is 0 Å². The summed E-state index contributed by atoms with van der Waals surface area (Å²) in [6.07, 6.45) is 5.12. The van der Waals surface area contributed by atoms with E-state index in [0.29, 0.717) is 63.1 Å². The van der Waals surface area contributed by atoms with Crippen molar-refractivity contribution in [3.05, 3.63) is 117 Å². The Balaban J connectivity index is 1.12. The molecule has 0 spiro atoms. The van der Waals surface area contributed by atoms with E-state index in [-0.39, 0.29) is 36.2 Å². The lowest BCUT2D eigenvalue weighted by Crippen LogP contribution is -2.18. The van der Waals surface area contributed by atoms with E-state index in [1.54, 1.807) is 84.9 Å². The number of nitrogens with zero attached hydrogens (tertiary/aromatic N) is 2. The summed E-state index contributed by atoms with van der Waals surface area (Å²) in [5.74, 6) is -0.607. The molecule has 0 aliphatic heterocycles. The number of amides is 2. The fourth-order valence-electron chi connectivity index (χ4n) is 4.40. The minimum atomic E-state index is -0.564. The predicted octanol–water partition coefficient (Wildman–Crippen LogP) is 7.00. The van der Waals surface area contributed by atoms with Gasteiger partial charge < -0.3 is 18.9 Å². The van der Waals surface area contributed by atoms with Gasteiger partial charge in [-0.3, -0.25) is 9.59 Å². The number of benzene rings is 4. The highest BCUT2D eigenvalue weighted by Gasteiger charge is 2.14. The zero-order valence-electron chi connectivity index (χ0n) is 27.7. The molecule has 2 amide bonds. The van der Waals surface area contributed by atoms with Crippen molar-refractivity contribution in [1.82, 2.24) is 10.9 Å². The standard InChI is InChI=1S/C37H34Cl2N4O8/c1-48-32-20-24(8-18-30(32)50-36(46)26-10-14-28(38)15-11-26)22-40-42-34(44)6-4-3-5-7-35(45)43-41-23-25-9-19-31(33(21-25)49-2)51-37(47)27-12-16-29(39)17-13-27/h8-23H,3-7H2,1-2H3,(H,42,44)(H,43,45). The number of hydrogen-bond acceptors (Lipinski definition) is 10. The van der Waals surface area contributed by atoms with Crippen molar-refractivity contribution in [2.75, 3.05) is 14.2 Å². The predicted molar refractivity (Wildman–Crippen MR) is 193 cm³/mol. The topological polar surface area (TPSA) is 154 Å². The Morgan fingerprint density at radius 2 is 0.961 bits per heavy atom. The molecular weight excluding hydrogens is 699 g/mol. The van der Waals surface area contributed by atoms with Crippen LogP contribution in [0.5, 0.6) is 23.0 Å². The van der Waals surface area contributed by atoms with Gasteiger partial charge in [0.15, 0.2) is 23.0 Å². The van der Waals surface area contributed by atoms with Crippen LogP contribution >= 0.6 is 23.2 Å². The quantitative estimate of drug-likeness (QED) is 0.0411. The van der Waals surface area contributed by atoms with E-state index in [1.807, 2.05) is 0 Å². The largest absolute Gasteiger partial charge is 0.493 e. The van der Waals surface area contributed by atoms with Crippen LogP contribution in [0.2, 0.25) is 10.0 Å². The fraction of sp³-hybridized carbons (Fsp3) is 0.189. The highest BCUT2D eigenvalue weighted by Crippen LogP contribution is 2.30. The Hall–Kier alpha value is -5.72. The Labute approximate surface area is 304 Å². The molecular formula is C37H34Cl2N4O8. The van der Waals surface area contributed by atoms with Crippen LogP contribution in [-0.4, -0.2) is 50.4 Å². The summed E-state index contributed by atoms with van der Waals surface area (Å²) in [7, 11) is 2.89. The molecule has 264 valence electrons. The van der Waals surface area contributed by atoms with Gasteiger partial charge in [0.1, 0.15) is 0 Å². The minimum absolute atomic E-state index is 0.224. The van der Waals surface area contributed by atoms with Crippen molar-refractivity contribution in [3.8, 4) is 23.0 Å². The molecule has 0 atom stereocenters. The molecule has 0 aromatic heterocycles. The van der Waals surface area contributed by atoms with Crippen LogP contribution in [0.25, 0.3) is 0 Å². The number of esters is 2. The third-order valence-corrected chi connectivity index (χ3v) is 7.56. The molecule has 0 aliphatic carbocycles. The molecule has 0 unspecified atom stereocenters. The number of hydrogen-bond donors (Lipinski definition) is 2. The number of carbonyl (C=O) groups excluding carboxylic acids is 4. The molecule has 0 bridgehead atoms. The van der Waals surface area contributed by atoms with Crippen molar-refractivity contribution in [1.29, 1.82) is 0 Å². The molecule has 14 heteroatoms. The Morgan fingerprint density at radius 1 is 0.569 bits per heavy atom. The van der Waals surface area contributed by atoms with Crippen LogP contribution < -0.4 is 29.8 Å². The van der Waals surface area contributed by atoms with E-state index in [0.717, 1.165) is 0 Å². The number of ether oxygens (including phenoxy) is 4. The average molecular weight is 734 g/mol. The molecule has 0 saturated heterocycles. The molecule has 4 aromatic rings. The van der Waals surface area contributed by atoms with Crippen LogP contribution in [0.4, 0.5) is 0 Å². The molecule has 0 heterocycles. The SMILES string of the molecule is COc1cc(C=NNC(=O)CCCCCC(=O)NN=Cc2ccc(OC(=O)c3ccc(Cl)cc3)c(OC)c2)ccc1OC(=O)c1ccc(Cl)cc1. The normalized spacial score (nSPS) is 10.9. The fourth-order valence-corrected chi connectivity index (χ4v) is 4.66. The van der Waals surface area contributed by atoms with Crippen LogP contribution in [0.15, 0.2) is 95.1 Å². The maximum absolute atomic E-state index is 12.4. The Bertz CT molecular complexity index is 1760. The van der Waals surface area contributed by atoms with E-state index in [1.165, 1.54) is 26.6 Å². The average Bonchev–Trinajstić information content (AvgIpc) is 3.13. The van der Waals surface area contributed by atoms with Crippen LogP contribution in [0.3, 0.4) is 0 Å². The molecule has 0 saturated carbocycles. The van der Waals surface area contributed by atoms with Gasteiger partial charge in [-0.2, -0.15) is 10.2 Å². The number of carbonyl (C=O) groups is 4. The van der Waals surface area contributed by atoms with Crippen LogP contribution in [0.1, 0.15) is 63.9 Å². The van der Waals surface area contributed by atoms with Crippen molar-refractivity contribution >= 4 is 59.4 Å². The van der Waals surface area contributed by atoms with Gasteiger partial charge in [-0.25, -0.2) is 20.4 Å². The number of halogens is 2. The van der Waals surface area contributed by atoms with Gasteiger partial charge in [-0.15, -0.1) is 0 Å². The molecule has 0 radical (unpaired) electrons.